The fourth-order valence-corrected chi connectivity index (χ4v) is 4.19. The average molecular weight is 480 g/mol. The summed E-state index contributed by atoms with van der Waals surface area (Å²) < 4.78 is 12.8. The fraction of sp³-hybridized carbons (Fsp3) is 0.462. The molecule has 1 atom stereocenters. The highest BCUT2D eigenvalue weighted by Gasteiger charge is 2.43. The zero-order valence-electron chi connectivity index (χ0n) is 20.9. The fourth-order valence-electron chi connectivity index (χ4n) is 4.19. The molecule has 1 unspecified atom stereocenters. The number of methoxy groups -OCH3 is 2. The van der Waals surface area contributed by atoms with E-state index in [1.807, 2.05) is 57.2 Å². The maximum atomic E-state index is 13.8. The number of hydrogen-bond donors (Lipinski definition) is 1. The van der Waals surface area contributed by atoms with Gasteiger partial charge in [0.05, 0.1) is 19.7 Å². The maximum absolute atomic E-state index is 13.8. The molecule has 2 amide bonds. The average Bonchev–Trinajstić information content (AvgIpc) is 3.61. The van der Waals surface area contributed by atoms with Crippen LogP contribution in [0.1, 0.15) is 51.6 Å². The Balaban J connectivity index is 1.76. The molecular weight excluding hydrogens is 446 g/mol. The van der Waals surface area contributed by atoms with Crippen LogP contribution in [0, 0.1) is 0 Å². The van der Waals surface area contributed by atoms with Crippen LogP contribution in [0.5, 0.6) is 11.5 Å². The molecule has 2 aromatic carbocycles. The summed E-state index contributed by atoms with van der Waals surface area (Å²) in [7, 11) is 3.09. The minimum Gasteiger partial charge on any atom is -0.493 e. The van der Waals surface area contributed by atoms with Crippen molar-refractivity contribution in [3.05, 3.63) is 48.0 Å². The maximum Gasteiger partial charge on any atom is 0.248 e. The number of amides is 2. The van der Waals surface area contributed by atoms with Crippen LogP contribution >= 0.6 is 0 Å². The zero-order chi connectivity index (χ0) is 25.2. The van der Waals surface area contributed by atoms with Crippen molar-refractivity contribution in [3.8, 4) is 11.5 Å². The Kier molecular flexibility index (Phi) is 6.95. The number of carbonyl (C=O) groups excluding carboxylic acids is 2. The molecule has 0 spiro atoms. The van der Waals surface area contributed by atoms with E-state index in [1.165, 1.54) is 7.11 Å². The van der Waals surface area contributed by atoms with Gasteiger partial charge in [-0.15, -0.1) is 5.10 Å². The second kappa shape index (κ2) is 9.93. The third kappa shape index (κ3) is 5.08. The zero-order valence-corrected chi connectivity index (χ0v) is 20.9. The number of benzene rings is 2. The molecule has 1 fully saturated rings. The number of hydrogen-bond acceptors (Lipinski definition) is 6. The van der Waals surface area contributed by atoms with Crippen molar-refractivity contribution >= 4 is 22.8 Å². The van der Waals surface area contributed by atoms with Crippen LogP contribution in [-0.4, -0.2) is 57.5 Å². The lowest BCUT2D eigenvalue weighted by molar-refractivity contribution is -0.143. The van der Waals surface area contributed by atoms with Gasteiger partial charge in [-0.2, -0.15) is 0 Å². The smallest absolute Gasteiger partial charge is 0.248 e. The van der Waals surface area contributed by atoms with E-state index in [-0.39, 0.29) is 24.4 Å². The highest BCUT2D eigenvalue weighted by Crippen LogP contribution is 2.41. The Labute approximate surface area is 205 Å². The van der Waals surface area contributed by atoms with Crippen molar-refractivity contribution in [1.82, 2.24) is 25.2 Å². The Hall–Kier alpha value is -3.62. The minimum atomic E-state index is -0.888. The highest BCUT2D eigenvalue weighted by molar-refractivity contribution is 5.90. The molecule has 0 saturated heterocycles. The highest BCUT2D eigenvalue weighted by atomic mass is 16.5. The molecule has 1 N–H and O–H groups in total. The first-order valence-corrected chi connectivity index (χ1v) is 11.9. The normalized spacial score (nSPS) is 14.4. The summed E-state index contributed by atoms with van der Waals surface area (Å²) in [5, 5.41) is 11.5. The molecule has 9 heteroatoms. The predicted molar refractivity (Wildman–Crippen MR) is 132 cm³/mol. The third-order valence-corrected chi connectivity index (χ3v) is 6.53. The predicted octanol–water partition coefficient (Wildman–Crippen LogP) is 3.49. The molecule has 1 heterocycles. The largest absolute Gasteiger partial charge is 0.493 e. The molecule has 1 aliphatic carbocycles. The van der Waals surface area contributed by atoms with E-state index >= 15 is 0 Å². The van der Waals surface area contributed by atoms with Gasteiger partial charge >= 0.3 is 0 Å². The van der Waals surface area contributed by atoms with Gasteiger partial charge in [0.2, 0.25) is 11.8 Å². The minimum absolute atomic E-state index is 0.0236. The van der Waals surface area contributed by atoms with Crippen molar-refractivity contribution < 1.29 is 19.1 Å². The molecule has 35 heavy (non-hydrogen) atoms. The van der Waals surface area contributed by atoms with Crippen molar-refractivity contribution in [2.24, 2.45) is 0 Å². The first-order valence-electron chi connectivity index (χ1n) is 11.9. The number of nitrogens with one attached hydrogen (secondary N) is 1. The monoisotopic (exact) mass is 479 g/mol. The summed E-state index contributed by atoms with van der Waals surface area (Å²) in [6, 6.07) is 12.0. The lowest BCUT2D eigenvalue weighted by Crippen LogP contribution is -2.51. The van der Waals surface area contributed by atoms with Crippen LogP contribution in [0.2, 0.25) is 0 Å². The lowest BCUT2D eigenvalue weighted by atomic mass is 9.97. The topological polar surface area (TPSA) is 98.6 Å². The van der Waals surface area contributed by atoms with Gasteiger partial charge in [-0.1, -0.05) is 36.4 Å². The first-order chi connectivity index (χ1) is 16.8. The van der Waals surface area contributed by atoms with Crippen LogP contribution in [-0.2, 0) is 16.1 Å². The quantitative estimate of drug-likeness (QED) is 0.478. The first kappa shape index (κ1) is 24.5. The Morgan fingerprint density at radius 3 is 2.54 bits per heavy atom. The van der Waals surface area contributed by atoms with Gasteiger partial charge in [0, 0.05) is 17.1 Å². The van der Waals surface area contributed by atoms with E-state index in [1.54, 1.807) is 22.8 Å². The summed E-state index contributed by atoms with van der Waals surface area (Å²) in [6.45, 7) is 5.93. The molecule has 1 aliphatic rings. The summed E-state index contributed by atoms with van der Waals surface area (Å²) in [6.07, 6.45) is 2.40. The second-order valence-electron chi connectivity index (χ2n) is 9.48. The Bertz CT molecular complexity index is 1220. The summed E-state index contributed by atoms with van der Waals surface area (Å²) in [5.41, 5.74) is 1.62. The summed E-state index contributed by atoms with van der Waals surface area (Å²) >= 11 is 0. The van der Waals surface area contributed by atoms with E-state index < -0.39 is 11.6 Å². The van der Waals surface area contributed by atoms with Gasteiger partial charge in [0.25, 0.3) is 0 Å². The van der Waals surface area contributed by atoms with Crippen LogP contribution in [0.3, 0.4) is 0 Å². The molecule has 1 aromatic heterocycles. The van der Waals surface area contributed by atoms with Gasteiger partial charge in [-0.25, -0.2) is 4.68 Å². The van der Waals surface area contributed by atoms with Crippen LogP contribution in [0.15, 0.2) is 42.5 Å². The number of aromatic nitrogens is 3. The van der Waals surface area contributed by atoms with Crippen LogP contribution in [0.25, 0.3) is 11.0 Å². The summed E-state index contributed by atoms with van der Waals surface area (Å²) in [4.78, 5) is 29.4. The number of fused-ring (bicyclic) bond motifs is 1. The Morgan fingerprint density at radius 1 is 1.14 bits per heavy atom. The molecule has 0 radical (unpaired) electrons. The van der Waals surface area contributed by atoms with Crippen molar-refractivity contribution in [2.45, 2.75) is 64.2 Å². The van der Waals surface area contributed by atoms with Gasteiger partial charge in [0.1, 0.15) is 18.1 Å². The van der Waals surface area contributed by atoms with E-state index in [0.29, 0.717) is 22.6 Å². The van der Waals surface area contributed by atoms with Gasteiger partial charge in [-0.3, -0.25) is 9.59 Å². The number of ether oxygens (including phenoxy) is 2. The number of para-hydroxylation sites is 2. The van der Waals surface area contributed by atoms with Crippen LogP contribution in [0.4, 0.5) is 0 Å². The molecule has 4 rings (SSSR count). The number of carbonyl (C=O) groups is 2. The van der Waals surface area contributed by atoms with Gasteiger partial charge in [-0.05, 0) is 51.3 Å². The molecule has 186 valence electrons. The van der Waals surface area contributed by atoms with E-state index in [2.05, 4.69) is 15.6 Å². The van der Waals surface area contributed by atoms with E-state index in [0.717, 1.165) is 24.8 Å². The van der Waals surface area contributed by atoms with Crippen LogP contribution < -0.4 is 14.8 Å². The van der Waals surface area contributed by atoms with Gasteiger partial charge in [0.15, 0.2) is 11.5 Å². The van der Waals surface area contributed by atoms with Crippen molar-refractivity contribution in [3.63, 3.8) is 0 Å². The van der Waals surface area contributed by atoms with E-state index in [4.69, 9.17) is 9.47 Å². The number of rotatable bonds is 10. The third-order valence-electron chi connectivity index (χ3n) is 6.53. The van der Waals surface area contributed by atoms with Gasteiger partial charge < -0.3 is 19.7 Å². The molecule has 3 aromatic rings. The molecule has 0 aliphatic heterocycles. The SMILES string of the molecule is CCC(C)(C)NC(=O)C(c1cccc(OC)c1OC)N(C(=O)Cn1nnc2ccccc21)C1CC1. The molecule has 0 bridgehead atoms. The standard InChI is InChI=1S/C26H33N5O4/c1-6-26(2,3)27-25(33)23(18-10-9-13-21(34-4)24(18)35-5)31(17-14-15-17)22(32)16-30-20-12-8-7-11-19(20)28-29-30/h7-13,17,23H,6,14-16H2,1-5H3,(H,27,33). The second-order valence-corrected chi connectivity index (χ2v) is 9.48. The molecule has 9 nitrogen and oxygen atoms in total. The van der Waals surface area contributed by atoms with Crippen molar-refractivity contribution in [2.75, 3.05) is 14.2 Å². The molecular formula is C26H33N5O4. The van der Waals surface area contributed by atoms with Crippen molar-refractivity contribution in [1.29, 1.82) is 0 Å². The van der Waals surface area contributed by atoms with E-state index in [9.17, 15) is 9.59 Å². The lowest BCUT2D eigenvalue weighted by Gasteiger charge is -2.35. The summed E-state index contributed by atoms with van der Waals surface area (Å²) in [5.74, 6) is 0.478. The number of nitrogens with zero attached hydrogens (tertiary/aromatic N) is 4. The Morgan fingerprint density at radius 2 is 1.89 bits per heavy atom. The molecule has 1 saturated carbocycles.